The molecule has 4 heteroatoms. The zero-order valence-electron chi connectivity index (χ0n) is 9.23. The van der Waals surface area contributed by atoms with Crippen LogP contribution in [0.15, 0.2) is 24.3 Å². The summed E-state index contributed by atoms with van der Waals surface area (Å²) in [6.07, 6.45) is 1.06. The van der Waals surface area contributed by atoms with Gasteiger partial charge in [-0.1, -0.05) is 12.1 Å². The summed E-state index contributed by atoms with van der Waals surface area (Å²) in [5, 5.41) is 14.7. The van der Waals surface area contributed by atoms with E-state index in [9.17, 15) is 4.79 Å². The van der Waals surface area contributed by atoms with Gasteiger partial charge >= 0.3 is 6.03 Å². The third-order valence-electron chi connectivity index (χ3n) is 2.72. The Balaban J connectivity index is 1.83. The fourth-order valence-corrected chi connectivity index (χ4v) is 1.78. The lowest BCUT2D eigenvalue weighted by Crippen LogP contribution is -2.48. The van der Waals surface area contributed by atoms with Gasteiger partial charge in [0.2, 0.25) is 0 Å². The highest BCUT2D eigenvalue weighted by Gasteiger charge is 2.28. The summed E-state index contributed by atoms with van der Waals surface area (Å²) in [7, 11) is 0. The third-order valence-corrected chi connectivity index (χ3v) is 2.72. The summed E-state index contributed by atoms with van der Waals surface area (Å²) in [4.78, 5) is 11.5. The number of aliphatic hydroxyl groups excluding tert-OH is 1. The summed E-state index contributed by atoms with van der Waals surface area (Å²) in [5.74, 6) is 0. The number of hydrogen-bond acceptors (Lipinski definition) is 2. The van der Waals surface area contributed by atoms with Crippen LogP contribution >= 0.6 is 0 Å². The molecule has 0 atom stereocenters. The van der Waals surface area contributed by atoms with Crippen molar-refractivity contribution in [2.24, 2.45) is 0 Å². The maximum Gasteiger partial charge on any atom is 0.319 e. The molecule has 0 bridgehead atoms. The molecule has 3 N–H and O–H groups in total. The van der Waals surface area contributed by atoms with Gasteiger partial charge in [0.25, 0.3) is 0 Å². The lowest BCUT2D eigenvalue weighted by molar-refractivity contribution is 0.0671. The molecule has 86 valence electrons. The van der Waals surface area contributed by atoms with Crippen LogP contribution in [0.2, 0.25) is 0 Å². The van der Waals surface area contributed by atoms with Crippen molar-refractivity contribution in [1.29, 1.82) is 0 Å². The van der Waals surface area contributed by atoms with E-state index in [1.807, 2.05) is 31.2 Å². The zero-order valence-corrected chi connectivity index (χ0v) is 9.23. The van der Waals surface area contributed by atoms with Crippen LogP contribution in [-0.4, -0.2) is 23.3 Å². The Morgan fingerprint density at radius 1 is 1.44 bits per heavy atom. The number of nitrogens with one attached hydrogen (secondary N) is 2. The first-order valence-corrected chi connectivity index (χ1v) is 5.46. The first-order chi connectivity index (χ1) is 7.63. The molecule has 0 spiro atoms. The van der Waals surface area contributed by atoms with Crippen molar-refractivity contribution in [3.05, 3.63) is 29.8 Å². The van der Waals surface area contributed by atoms with E-state index in [-0.39, 0.29) is 18.2 Å². The highest BCUT2D eigenvalue weighted by molar-refractivity contribution is 5.89. The number of anilines is 1. The summed E-state index contributed by atoms with van der Waals surface area (Å²) < 4.78 is 0. The normalized spacial score (nSPS) is 23.4. The second-order valence-corrected chi connectivity index (χ2v) is 4.29. The Hall–Kier alpha value is -1.55. The number of rotatable bonds is 2. The SMILES string of the molecule is Cc1cccc(NC(=O)NC2CC(O)C2)c1. The molecular weight excluding hydrogens is 204 g/mol. The molecule has 1 aromatic carbocycles. The van der Waals surface area contributed by atoms with Crippen molar-refractivity contribution in [2.75, 3.05) is 5.32 Å². The molecule has 0 aromatic heterocycles. The van der Waals surface area contributed by atoms with Crippen LogP contribution in [0.4, 0.5) is 10.5 Å². The first kappa shape index (κ1) is 11.0. The van der Waals surface area contributed by atoms with Crippen LogP contribution in [-0.2, 0) is 0 Å². The highest BCUT2D eigenvalue weighted by Crippen LogP contribution is 2.19. The first-order valence-electron chi connectivity index (χ1n) is 5.46. The fraction of sp³-hybridized carbons (Fsp3) is 0.417. The van der Waals surface area contributed by atoms with Crippen molar-refractivity contribution >= 4 is 11.7 Å². The Bertz CT molecular complexity index is 386. The van der Waals surface area contributed by atoms with Crippen LogP contribution in [0, 0.1) is 6.92 Å². The molecule has 0 unspecified atom stereocenters. The van der Waals surface area contributed by atoms with Gasteiger partial charge in [-0.15, -0.1) is 0 Å². The quantitative estimate of drug-likeness (QED) is 0.709. The van der Waals surface area contributed by atoms with Gasteiger partial charge in [0.05, 0.1) is 6.10 Å². The van der Waals surface area contributed by atoms with Crippen molar-refractivity contribution in [3.63, 3.8) is 0 Å². The van der Waals surface area contributed by atoms with E-state index >= 15 is 0 Å². The van der Waals surface area contributed by atoms with Crippen LogP contribution in [0.5, 0.6) is 0 Å². The van der Waals surface area contributed by atoms with Crippen LogP contribution in [0.1, 0.15) is 18.4 Å². The Morgan fingerprint density at radius 2 is 2.19 bits per heavy atom. The Labute approximate surface area is 94.7 Å². The number of carbonyl (C=O) groups excluding carboxylic acids is 1. The largest absolute Gasteiger partial charge is 0.393 e. The van der Waals surface area contributed by atoms with Gasteiger partial charge < -0.3 is 15.7 Å². The van der Waals surface area contributed by atoms with E-state index in [1.165, 1.54) is 0 Å². The molecule has 0 heterocycles. The second kappa shape index (κ2) is 4.53. The molecule has 1 saturated carbocycles. The topological polar surface area (TPSA) is 61.4 Å². The number of hydrogen-bond donors (Lipinski definition) is 3. The molecule has 16 heavy (non-hydrogen) atoms. The summed E-state index contributed by atoms with van der Waals surface area (Å²) in [6.45, 7) is 1.98. The predicted molar refractivity (Wildman–Crippen MR) is 62.4 cm³/mol. The molecule has 1 aliphatic rings. The van der Waals surface area contributed by atoms with Crippen LogP contribution in [0.3, 0.4) is 0 Å². The average Bonchev–Trinajstić information content (AvgIpc) is 2.15. The molecule has 4 nitrogen and oxygen atoms in total. The molecule has 1 aromatic rings. The van der Waals surface area contributed by atoms with E-state index < -0.39 is 0 Å². The molecule has 1 aliphatic carbocycles. The van der Waals surface area contributed by atoms with E-state index in [0.717, 1.165) is 11.3 Å². The molecular formula is C12H16N2O2. The van der Waals surface area contributed by atoms with Crippen molar-refractivity contribution in [1.82, 2.24) is 5.32 Å². The summed E-state index contributed by atoms with van der Waals surface area (Å²) in [5.41, 5.74) is 1.90. The maximum atomic E-state index is 11.5. The standard InChI is InChI=1S/C12H16N2O2/c1-8-3-2-4-9(5-8)13-12(16)14-10-6-11(15)7-10/h2-5,10-11,15H,6-7H2,1H3,(H2,13,14,16). The molecule has 0 aliphatic heterocycles. The van der Waals surface area contributed by atoms with Gasteiger partial charge in [-0.25, -0.2) is 4.79 Å². The van der Waals surface area contributed by atoms with Gasteiger partial charge in [-0.05, 0) is 37.5 Å². The minimum absolute atomic E-state index is 0.111. The van der Waals surface area contributed by atoms with Crippen LogP contribution in [0.25, 0.3) is 0 Å². The monoisotopic (exact) mass is 220 g/mol. The number of urea groups is 1. The zero-order chi connectivity index (χ0) is 11.5. The summed E-state index contributed by atoms with van der Waals surface area (Å²) in [6, 6.07) is 7.54. The van der Waals surface area contributed by atoms with Gasteiger partial charge in [-0.2, -0.15) is 0 Å². The summed E-state index contributed by atoms with van der Waals surface area (Å²) >= 11 is 0. The predicted octanol–water partition coefficient (Wildman–Crippen LogP) is 1.64. The second-order valence-electron chi connectivity index (χ2n) is 4.29. The third kappa shape index (κ3) is 2.73. The Kier molecular flexibility index (Phi) is 3.10. The van der Waals surface area contributed by atoms with E-state index in [1.54, 1.807) is 0 Å². The van der Waals surface area contributed by atoms with E-state index in [0.29, 0.717) is 12.8 Å². The number of aliphatic hydroxyl groups is 1. The minimum Gasteiger partial charge on any atom is -0.393 e. The number of aryl methyl sites for hydroxylation is 1. The van der Waals surface area contributed by atoms with Gasteiger partial charge in [0.15, 0.2) is 0 Å². The molecule has 0 radical (unpaired) electrons. The molecule has 0 saturated heterocycles. The average molecular weight is 220 g/mol. The lowest BCUT2D eigenvalue weighted by atomic mass is 9.90. The number of amides is 2. The molecule has 2 amide bonds. The van der Waals surface area contributed by atoms with E-state index in [2.05, 4.69) is 10.6 Å². The number of carbonyl (C=O) groups is 1. The minimum atomic E-state index is -0.246. The molecule has 2 rings (SSSR count). The van der Waals surface area contributed by atoms with Crippen LogP contribution < -0.4 is 10.6 Å². The van der Waals surface area contributed by atoms with Crippen molar-refractivity contribution in [3.8, 4) is 0 Å². The van der Waals surface area contributed by atoms with Gasteiger partial charge in [0.1, 0.15) is 0 Å². The lowest BCUT2D eigenvalue weighted by Gasteiger charge is -2.31. The highest BCUT2D eigenvalue weighted by atomic mass is 16.3. The van der Waals surface area contributed by atoms with Gasteiger partial charge in [-0.3, -0.25) is 0 Å². The van der Waals surface area contributed by atoms with Gasteiger partial charge in [0, 0.05) is 11.7 Å². The van der Waals surface area contributed by atoms with Crippen molar-refractivity contribution < 1.29 is 9.90 Å². The maximum absolute atomic E-state index is 11.5. The smallest absolute Gasteiger partial charge is 0.319 e. The number of benzene rings is 1. The van der Waals surface area contributed by atoms with E-state index in [4.69, 9.17) is 5.11 Å². The molecule has 1 fully saturated rings. The van der Waals surface area contributed by atoms with Crippen molar-refractivity contribution in [2.45, 2.75) is 31.9 Å². The fourth-order valence-electron chi connectivity index (χ4n) is 1.78. The Morgan fingerprint density at radius 3 is 2.81 bits per heavy atom.